The lowest BCUT2D eigenvalue weighted by molar-refractivity contribution is 0.194. The summed E-state index contributed by atoms with van der Waals surface area (Å²) >= 11 is 0. The molecule has 2 rings (SSSR count). The molecule has 0 aliphatic heterocycles. The molecular weight excluding hydrogens is 214 g/mol. The lowest BCUT2D eigenvalue weighted by Crippen LogP contribution is -1.98. The maximum absolute atomic E-state index is 9.63. The molecule has 0 aliphatic carbocycles. The van der Waals surface area contributed by atoms with Crippen molar-refractivity contribution in [3.8, 4) is 11.6 Å². The van der Waals surface area contributed by atoms with Crippen molar-refractivity contribution in [1.82, 2.24) is 4.98 Å². The Labute approximate surface area is 101 Å². The number of para-hydroxylation sites is 1. The van der Waals surface area contributed by atoms with Gasteiger partial charge in [-0.2, -0.15) is 0 Å². The summed E-state index contributed by atoms with van der Waals surface area (Å²) in [6, 6.07) is 11.3. The Morgan fingerprint density at radius 2 is 1.94 bits per heavy atom. The summed E-state index contributed by atoms with van der Waals surface area (Å²) in [5, 5.41) is 9.63. The number of aromatic nitrogens is 1. The lowest BCUT2D eigenvalue weighted by atomic mass is 10.2. The van der Waals surface area contributed by atoms with Crippen LogP contribution in [0, 0.1) is 6.92 Å². The summed E-state index contributed by atoms with van der Waals surface area (Å²) in [5.41, 5.74) is 1.73. The fourth-order valence-corrected chi connectivity index (χ4v) is 1.58. The van der Waals surface area contributed by atoms with Crippen LogP contribution in [0.3, 0.4) is 0 Å². The highest BCUT2D eigenvalue weighted by atomic mass is 16.5. The minimum Gasteiger partial charge on any atom is -0.438 e. The molecule has 3 heteroatoms. The van der Waals surface area contributed by atoms with Gasteiger partial charge in [0, 0.05) is 11.8 Å². The van der Waals surface area contributed by atoms with E-state index in [9.17, 15) is 5.11 Å². The highest BCUT2D eigenvalue weighted by molar-refractivity contribution is 5.37. The zero-order valence-corrected chi connectivity index (χ0v) is 9.92. The van der Waals surface area contributed by atoms with E-state index in [1.165, 1.54) is 0 Å². The molecule has 17 heavy (non-hydrogen) atoms. The van der Waals surface area contributed by atoms with E-state index in [-0.39, 0.29) is 0 Å². The minimum atomic E-state index is -0.595. The molecule has 3 nitrogen and oxygen atoms in total. The van der Waals surface area contributed by atoms with Gasteiger partial charge in [0.2, 0.25) is 5.88 Å². The SMILES string of the molecule is Cc1ccccc1Oc1ncccc1[C@@H](C)O. The molecule has 0 saturated carbocycles. The zero-order chi connectivity index (χ0) is 12.3. The largest absolute Gasteiger partial charge is 0.438 e. The van der Waals surface area contributed by atoms with Crippen LogP contribution in [0.2, 0.25) is 0 Å². The predicted molar refractivity (Wildman–Crippen MR) is 66.1 cm³/mol. The molecule has 1 atom stereocenters. The molecule has 1 aromatic carbocycles. The third-order valence-electron chi connectivity index (χ3n) is 2.55. The third kappa shape index (κ3) is 2.63. The summed E-state index contributed by atoms with van der Waals surface area (Å²) in [7, 11) is 0. The first-order valence-corrected chi connectivity index (χ1v) is 5.55. The topological polar surface area (TPSA) is 42.4 Å². The molecule has 88 valence electrons. The fourth-order valence-electron chi connectivity index (χ4n) is 1.58. The Balaban J connectivity index is 2.34. The molecule has 0 saturated heterocycles. The number of hydrogen-bond acceptors (Lipinski definition) is 3. The van der Waals surface area contributed by atoms with Gasteiger partial charge in [-0.25, -0.2) is 4.98 Å². The van der Waals surface area contributed by atoms with Crippen LogP contribution in [-0.4, -0.2) is 10.1 Å². The van der Waals surface area contributed by atoms with Gasteiger partial charge in [-0.05, 0) is 37.6 Å². The van der Waals surface area contributed by atoms with Gasteiger partial charge in [-0.15, -0.1) is 0 Å². The average Bonchev–Trinajstić information content (AvgIpc) is 2.32. The molecule has 0 bridgehead atoms. The van der Waals surface area contributed by atoms with Crippen LogP contribution in [0.5, 0.6) is 11.6 Å². The van der Waals surface area contributed by atoms with Crippen LogP contribution in [0.4, 0.5) is 0 Å². The summed E-state index contributed by atoms with van der Waals surface area (Å²) in [4.78, 5) is 4.15. The van der Waals surface area contributed by atoms with Gasteiger partial charge >= 0.3 is 0 Å². The van der Waals surface area contributed by atoms with E-state index < -0.39 is 6.10 Å². The Bertz CT molecular complexity index is 509. The molecule has 0 fully saturated rings. The summed E-state index contributed by atoms with van der Waals surface area (Å²) < 4.78 is 5.73. The molecule has 1 N–H and O–H groups in total. The number of aryl methyl sites for hydroxylation is 1. The summed E-state index contributed by atoms with van der Waals surface area (Å²) in [5.74, 6) is 1.21. The fraction of sp³-hybridized carbons (Fsp3) is 0.214. The second-order valence-corrected chi connectivity index (χ2v) is 3.94. The second kappa shape index (κ2) is 4.97. The monoisotopic (exact) mass is 229 g/mol. The van der Waals surface area contributed by atoms with Crippen molar-refractivity contribution in [2.45, 2.75) is 20.0 Å². The Hall–Kier alpha value is -1.87. The van der Waals surface area contributed by atoms with Crippen LogP contribution < -0.4 is 4.74 Å². The van der Waals surface area contributed by atoms with Gasteiger partial charge in [0.05, 0.1) is 6.10 Å². The average molecular weight is 229 g/mol. The van der Waals surface area contributed by atoms with Gasteiger partial charge in [0.1, 0.15) is 5.75 Å². The predicted octanol–water partition coefficient (Wildman–Crippen LogP) is 3.24. The number of aliphatic hydroxyl groups excluding tert-OH is 1. The number of nitrogens with zero attached hydrogens (tertiary/aromatic N) is 1. The molecule has 0 amide bonds. The maximum atomic E-state index is 9.63. The molecule has 0 unspecified atom stereocenters. The third-order valence-corrected chi connectivity index (χ3v) is 2.55. The van der Waals surface area contributed by atoms with Crippen molar-refractivity contribution < 1.29 is 9.84 Å². The molecule has 1 aromatic heterocycles. The van der Waals surface area contributed by atoms with Crippen molar-refractivity contribution in [2.75, 3.05) is 0 Å². The molecule has 0 spiro atoms. The first-order chi connectivity index (χ1) is 8.18. The molecular formula is C14H15NO2. The van der Waals surface area contributed by atoms with Gasteiger partial charge in [0.25, 0.3) is 0 Å². The second-order valence-electron chi connectivity index (χ2n) is 3.94. The number of pyridine rings is 1. The van der Waals surface area contributed by atoms with Gasteiger partial charge in [-0.3, -0.25) is 0 Å². The summed E-state index contributed by atoms with van der Waals surface area (Å²) in [6.07, 6.45) is 1.06. The van der Waals surface area contributed by atoms with Crippen molar-refractivity contribution in [3.63, 3.8) is 0 Å². The first-order valence-electron chi connectivity index (χ1n) is 5.55. The molecule has 0 aliphatic rings. The quantitative estimate of drug-likeness (QED) is 0.878. The lowest BCUT2D eigenvalue weighted by Gasteiger charge is -2.12. The van der Waals surface area contributed by atoms with Gasteiger partial charge in [-0.1, -0.05) is 18.2 Å². The van der Waals surface area contributed by atoms with Crippen LogP contribution in [0.1, 0.15) is 24.2 Å². The number of rotatable bonds is 3. The van der Waals surface area contributed by atoms with E-state index in [4.69, 9.17) is 4.74 Å². The van der Waals surface area contributed by atoms with Crippen LogP contribution >= 0.6 is 0 Å². The molecule has 1 heterocycles. The van der Waals surface area contributed by atoms with Gasteiger partial charge < -0.3 is 9.84 Å². The Morgan fingerprint density at radius 3 is 2.65 bits per heavy atom. The van der Waals surface area contributed by atoms with E-state index in [1.807, 2.05) is 37.3 Å². The standard InChI is InChI=1S/C14H15NO2/c1-10-6-3-4-8-13(10)17-14-12(11(2)16)7-5-9-15-14/h3-9,11,16H,1-2H3/t11-/m1/s1. The highest BCUT2D eigenvalue weighted by Crippen LogP contribution is 2.28. The smallest absolute Gasteiger partial charge is 0.225 e. The molecule has 0 radical (unpaired) electrons. The molecule has 2 aromatic rings. The van der Waals surface area contributed by atoms with Crippen LogP contribution in [0.25, 0.3) is 0 Å². The maximum Gasteiger partial charge on any atom is 0.225 e. The van der Waals surface area contributed by atoms with E-state index in [1.54, 1.807) is 19.2 Å². The van der Waals surface area contributed by atoms with Crippen molar-refractivity contribution in [2.24, 2.45) is 0 Å². The first kappa shape index (κ1) is 11.6. The van der Waals surface area contributed by atoms with E-state index >= 15 is 0 Å². The van der Waals surface area contributed by atoms with E-state index in [2.05, 4.69) is 4.98 Å². The minimum absolute atomic E-state index is 0.455. The Kier molecular flexibility index (Phi) is 3.40. The van der Waals surface area contributed by atoms with Crippen LogP contribution in [0.15, 0.2) is 42.6 Å². The number of ether oxygens (including phenoxy) is 1. The summed E-state index contributed by atoms with van der Waals surface area (Å²) in [6.45, 7) is 3.67. The zero-order valence-electron chi connectivity index (χ0n) is 9.92. The van der Waals surface area contributed by atoms with Crippen molar-refractivity contribution in [1.29, 1.82) is 0 Å². The van der Waals surface area contributed by atoms with Crippen molar-refractivity contribution >= 4 is 0 Å². The normalized spacial score (nSPS) is 12.2. The van der Waals surface area contributed by atoms with Crippen LogP contribution in [-0.2, 0) is 0 Å². The van der Waals surface area contributed by atoms with Gasteiger partial charge in [0.15, 0.2) is 0 Å². The number of hydrogen-bond donors (Lipinski definition) is 1. The van der Waals surface area contributed by atoms with E-state index in [0.29, 0.717) is 11.4 Å². The van der Waals surface area contributed by atoms with Crippen molar-refractivity contribution in [3.05, 3.63) is 53.7 Å². The number of benzene rings is 1. The Morgan fingerprint density at radius 1 is 1.18 bits per heavy atom. The highest BCUT2D eigenvalue weighted by Gasteiger charge is 2.11. The number of aliphatic hydroxyl groups is 1. The van der Waals surface area contributed by atoms with E-state index in [0.717, 1.165) is 11.3 Å².